The molecule has 0 heterocycles. The molecule has 2 amide bonds. The molecule has 0 fully saturated rings. The van der Waals surface area contributed by atoms with Crippen LogP contribution >= 0.6 is 0 Å². The highest BCUT2D eigenvalue weighted by Gasteiger charge is 2.30. The first-order valence-electron chi connectivity index (χ1n) is 5.80. The molecule has 0 bridgehead atoms. The summed E-state index contributed by atoms with van der Waals surface area (Å²) in [5.74, 6) is 0. The lowest BCUT2D eigenvalue weighted by molar-refractivity contribution is -0.137. The van der Waals surface area contributed by atoms with Crippen molar-refractivity contribution in [1.82, 2.24) is 5.32 Å². The van der Waals surface area contributed by atoms with Crippen molar-refractivity contribution in [2.75, 3.05) is 11.9 Å². The third kappa shape index (κ3) is 5.17. The summed E-state index contributed by atoms with van der Waals surface area (Å²) in [5, 5.41) is 4.81. The van der Waals surface area contributed by atoms with Crippen LogP contribution in [-0.2, 0) is 6.18 Å². The zero-order valence-electron chi connectivity index (χ0n) is 10.4. The predicted octanol–water partition coefficient (Wildman–Crippen LogP) is 2.56. The molecule has 4 nitrogen and oxygen atoms in total. The van der Waals surface area contributed by atoms with Crippen LogP contribution in [0.4, 0.5) is 23.7 Å². The van der Waals surface area contributed by atoms with Crippen LogP contribution in [0.15, 0.2) is 24.3 Å². The number of nitrogens with two attached hydrogens (primary N) is 1. The molecule has 0 aliphatic rings. The van der Waals surface area contributed by atoms with Gasteiger partial charge in [-0.3, -0.25) is 0 Å². The fourth-order valence-corrected chi connectivity index (χ4v) is 1.32. The van der Waals surface area contributed by atoms with E-state index in [2.05, 4.69) is 10.6 Å². The third-order valence-electron chi connectivity index (χ3n) is 2.50. The van der Waals surface area contributed by atoms with Gasteiger partial charge in [-0.1, -0.05) is 13.0 Å². The second kappa shape index (κ2) is 6.42. The highest BCUT2D eigenvalue weighted by atomic mass is 19.4. The summed E-state index contributed by atoms with van der Waals surface area (Å²) in [5.41, 5.74) is 4.88. The smallest absolute Gasteiger partial charge is 0.336 e. The standard InChI is InChI=1S/C12H16F3N3O/c1-2-9(16)7-17-11(19)18-10-5-3-4-8(6-10)12(13,14)15/h3-6,9H,2,7,16H2,1H3,(H2,17,18,19). The molecule has 0 aliphatic heterocycles. The van der Waals surface area contributed by atoms with Crippen LogP contribution in [0.2, 0.25) is 0 Å². The lowest BCUT2D eigenvalue weighted by Gasteiger charge is -2.12. The van der Waals surface area contributed by atoms with E-state index in [1.165, 1.54) is 12.1 Å². The van der Waals surface area contributed by atoms with Gasteiger partial charge in [0.1, 0.15) is 0 Å². The van der Waals surface area contributed by atoms with Gasteiger partial charge in [0.2, 0.25) is 0 Å². The van der Waals surface area contributed by atoms with Gasteiger partial charge >= 0.3 is 12.2 Å². The number of hydrogen-bond donors (Lipinski definition) is 3. The molecule has 106 valence electrons. The van der Waals surface area contributed by atoms with Crippen molar-refractivity contribution in [2.45, 2.75) is 25.6 Å². The number of alkyl halides is 3. The molecule has 1 rings (SSSR count). The van der Waals surface area contributed by atoms with E-state index in [1.807, 2.05) is 6.92 Å². The van der Waals surface area contributed by atoms with E-state index in [0.29, 0.717) is 6.42 Å². The summed E-state index contributed by atoms with van der Waals surface area (Å²) in [6.07, 6.45) is -3.73. The molecule has 1 aromatic rings. The van der Waals surface area contributed by atoms with Gasteiger partial charge in [-0.2, -0.15) is 13.2 Å². The SMILES string of the molecule is CCC(N)CNC(=O)Nc1cccc(C(F)(F)F)c1. The maximum Gasteiger partial charge on any atom is 0.416 e. The first-order chi connectivity index (χ1) is 8.82. The topological polar surface area (TPSA) is 67.1 Å². The number of benzene rings is 1. The van der Waals surface area contributed by atoms with Gasteiger partial charge in [-0.05, 0) is 24.6 Å². The average molecular weight is 275 g/mol. The minimum absolute atomic E-state index is 0.0809. The Morgan fingerprint density at radius 3 is 2.68 bits per heavy atom. The normalized spacial score (nSPS) is 12.9. The minimum Gasteiger partial charge on any atom is -0.336 e. The molecule has 0 radical (unpaired) electrons. The summed E-state index contributed by atoms with van der Waals surface area (Å²) in [6, 6.07) is 3.68. The van der Waals surface area contributed by atoms with E-state index in [-0.39, 0.29) is 18.3 Å². The van der Waals surface area contributed by atoms with Crippen LogP contribution in [0.1, 0.15) is 18.9 Å². The lowest BCUT2D eigenvalue weighted by atomic mass is 10.2. The van der Waals surface area contributed by atoms with Gasteiger partial charge in [0.15, 0.2) is 0 Å². The largest absolute Gasteiger partial charge is 0.416 e. The number of carbonyl (C=O) groups is 1. The Bertz CT molecular complexity index is 434. The molecule has 0 saturated heterocycles. The van der Waals surface area contributed by atoms with Gasteiger partial charge in [0, 0.05) is 18.3 Å². The molecule has 19 heavy (non-hydrogen) atoms. The average Bonchev–Trinajstić information content (AvgIpc) is 2.35. The van der Waals surface area contributed by atoms with Crippen molar-refractivity contribution in [2.24, 2.45) is 5.73 Å². The minimum atomic E-state index is -4.43. The van der Waals surface area contributed by atoms with Gasteiger partial charge in [-0.15, -0.1) is 0 Å². The number of nitrogens with one attached hydrogen (secondary N) is 2. The van der Waals surface area contributed by atoms with Crippen molar-refractivity contribution in [3.63, 3.8) is 0 Å². The second-order valence-corrected chi connectivity index (χ2v) is 4.08. The zero-order valence-corrected chi connectivity index (χ0v) is 10.4. The summed E-state index contributed by atoms with van der Waals surface area (Å²) < 4.78 is 37.4. The molecule has 0 spiro atoms. The summed E-state index contributed by atoms with van der Waals surface area (Å²) in [4.78, 5) is 11.4. The number of anilines is 1. The fraction of sp³-hybridized carbons (Fsp3) is 0.417. The van der Waals surface area contributed by atoms with E-state index >= 15 is 0 Å². The molecule has 0 aromatic heterocycles. The van der Waals surface area contributed by atoms with Gasteiger partial charge in [-0.25, -0.2) is 4.79 Å². The fourth-order valence-electron chi connectivity index (χ4n) is 1.32. The number of rotatable bonds is 4. The highest BCUT2D eigenvalue weighted by Crippen LogP contribution is 2.30. The van der Waals surface area contributed by atoms with Crippen LogP contribution in [0.5, 0.6) is 0 Å². The van der Waals surface area contributed by atoms with Gasteiger partial charge in [0.25, 0.3) is 0 Å². The van der Waals surface area contributed by atoms with E-state index < -0.39 is 17.8 Å². The maximum atomic E-state index is 12.5. The highest BCUT2D eigenvalue weighted by molar-refractivity contribution is 5.89. The number of amides is 2. The molecule has 1 aromatic carbocycles. The third-order valence-corrected chi connectivity index (χ3v) is 2.50. The van der Waals surface area contributed by atoms with E-state index in [0.717, 1.165) is 12.1 Å². The quantitative estimate of drug-likeness (QED) is 0.790. The van der Waals surface area contributed by atoms with Gasteiger partial charge in [0.05, 0.1) is 5.56 Å². The van der Waals surface area contributed by atoms with Crippen molar-refractivity contribution in [3.05, 3.63) is 29.8 Å². The van der Waals surface area contributed by atoms with E-state index in [9.17, 15) is 18.0 Å². The van der Waals surface area contributed by atoms with Crippen molar-refractivity contribution >= 4 is 11.7 Å². The summed E-state index contributed by atoms with van der Waals surface area (Å²) in [7, 11) is 0. The first kappa shape index (κ1) is 15.3. The van der Waals surface area contributed by atoms with Crippen LogP contribution in [0.25, 0.3) is 0 Å². The Morgan fingerprint density at radius 2 is 2.11 bits per heavy atom. The van der Waals surface area contributed by atoms with E-state index in [1.54, 1.807) is 0 Å². The molecule has 1 atom stereocenters. The monoisotopic (exact) mass is 275 g/mol. The van der Waals surface area contributed by atoms with Crippen molar-refractivity contribution in [1.29, 1.82) is 0 Å². The molecule has 1 unspecified atom stereocenters. The lowest BCUT2D eigenvalue weighted by Crippen LogP contribution is -2.38. The van der Waals surface area contributed by atoms with Crippen LogP contribution < -0.4 is 16.4 Å². The van der Waals surface area contributed by atoms with E-state index in [4.69, 9.17) is 5.73 Å². The summed E-state index contributed by atoms with van der Waals surface area (Å²) in [6.45, 7) is 2.14. The van der Waals surface area contributed by atoms with Crippen molar-refractivity contribution in [3.8, 4) is 0 Å². The number of hydrogen-bond acceptors (Lipinski definition) is 2. The molecule has 4 N–H and O–H groups in total. The number of urea groups is 1. The van der Waals surface area contributed by atoms with Gasteiger partial charge < -0.3 is 16.4 Å². The number of carbonyl (C=O) groups excluding carboxylic acids is 1. The zero-order chi connectivity index (χ0) is 14.5. The predicted molar refractivity (Wildman–Crippen MR) is 66.7 cm³/mol. The molecule has 0 saturated carbocycles. The Kier molecular flexibility index (Phi) is 5.17. The van der Waals surface area contributed by atoms with Crippen molar-refractivity contribution < 1.29 is 18.0 Å². The Labute approximate surface area is 109 Å². The number of halogens is 3. The Hall–Kier alpha value is -1.76. The Morgan fingerprint density at radius 1 is 1.42 bits per heavy atom. The van der Waals surface area contributed by atoms with Crippen LogP contribution in [0.3, 0.4) is 0 Å². The maximum absolute atomic E-state index is 12.5. The van der Waals surface area contributed by atoms with Crippen LogP contribution in [-0.4, -0.2) is 18.6 Å². The van der Waals surface area contributed by atoms with Crippen LogP contribution in [0, 0.1) is 0 Å². The Balaban J connectivity index is 2.60. The first-order valence-corrected chi connectivity index (χ1v) is 5.80. The molecular formula is C12H16F3N3O. The summed E-state index contributed by atoms with van der Waals surface area (Å²) >= 11 is 0. The molecular weight excluding hydrogens is 259 g/mol. The molecule has 0 aliphatic carbocycles. The second-order valence-electron chi connectivity index (χ2n) is 4.08. The molecule has 7 heteroatoms.